The lowest BCUT2D eigenvalue weighted by molar-refractivity contribution is 0.209. The van der Waals surface area contributed by atoms with Gasteiger partial charge in [0, 0.05) is 6.42 Å². The van der Waals surface area contributed by atoms with E-state index in [0.29, 0.717) is 6.54 Å². The molecule has 0 aliphatic carbocycles. The Morgan fingerprint density at radius 3 is 2.70 bits per heavy atom. The van der Waals surface area contributed by atoms with E-state index >= 15 is 0 Å². The van der Waals surface area contributed by atoms with Crippen LogP contribution in [-0.4, -0.2) is 6.54 Å². The van der Waals surface area contributed by atoms with Gasteiger partial charge in [0.2, 0.25) is 0 Å². The molecule has 0 amide bonds. The van der Waals surface area contributed by atoms with Gasteiger partial charge in [-0.15, -0.1) is 0 Å². The van der Waals surface area contributed by atoms with Crippen LogP contribution in [0.3, 0.4) is 0 Å². The second-order valence-corrected chi connectivity index (χ2v) is 2.12. The predicted octanol–water partition coefficient (Wildman–Crippen LogP) is 0.910. The number of rotatable bonds is 5. The number of hydrogen-bond acceptors (Lipinski definition) is 3. The zero-order valence-electron chi connectivity index (χ0n) is 6.47. The van der Waals surface area contributed by atoms with Crippen molar-refractivity contribution in [3.05, 3.63) is 11.8 Å². The van der Waals surface area contributed by atoms with Gasteiger partial charge in [-0.3, -0.25) is 0 Å². The van der Waals surface area contributed by atoms with Crippen LogP contribution in [0, 0.1) is 0 Å². The molecule has 0 saturated heterocycles. The maximum Gasteiger partial charge on any atom is 0.121 e. The van der Waals surface area contributed by atoms with E-state index in [1.165, 1.54) is 0 Å². The molecule has 0 aliphatic rings. The van der Waals surface area contributed by atoms with Gasteiger partial charge in [-0.2, -0.15) is 5.90 Å². The minimum absolute atomic E-state index is 0.590. The summed E-state index contributed by atoms with van der Waals surface area (Å²) in [5, 5.41) is 0. The smallest absolute Gasteiger partial charge is 0.121 e. The van der Waals surface area contributed by atoms with Gasteiger partial charge >= 0.3 is 0 Å². The van der Waals surface area contributed by atoms with Gasteiger partial charge in [0.1, 0.15) is 5.76 Å². The maximum absolute atomic E-state index is 5.30. The molecule has 0 bridgehead atoms. The topological polar surface area (TPSA) is 61.3 Å². The first kappa shape index (κ1) is 9.46. The van der Waals surface area contributed by atoms with Crippen LogP contribution in [0.1, 0.15) is 26.2 Å². The van der Waals surface area contributed by atoms with Gasteiger partial charge in [0.15, 0.2) is 0 Å². The average molecular weight is 144 g/mol. The van der Waals surface area contributed by atoms with Crippen LogP contribution < -0.4 is 11.6 Å². The highest BCUT2D eigenvalue weighted by atomic mass is 16.6. The maximum atomic E-state index is 5.30. The Kier molecular flexibility index (Phi) is 6.22. The Bertz CT molecular complexity index is 102. The third-order valence-corrected chi connectivity index (χ3v) is 1.20. The Hall–Kier alpha value is -0.540. The summed E-state index contributed by atoms with van der Waals surface area (Å²) in [4.78, 5) is 4.57. The van der Waals surface area contributed by atoms with Crippen LogP contribution in [0.2, 0.25) is 0 Å². The Morgan fingerprint density at radius 1 is 1.60 bits per heavy atom. The molecule has 0 spiro atoms. The zero-order valence-corrected chi connectivity index (χ0v) is 6.47. The lowest BCUT2D eigenvalue weighted by Crippen LogP contribution is -2.06. The van der Waals surface area contributed by atoms with Crippen molar-refractivity contribution in [2.24, 2.45) is 11.6 Å². The minimum Gasteiger partial charge on any atom is -0.416 e. The fraction of sp³-hybridized carbons (Fsp3) is 0.714. The van der Waals surface area contributed by atoms with Crippen molar-refractivity contribution < 1.29 is 4.84 Å². The van der Waals surface area contributed by atoms with Gasteiger partial charge in [-0.25, -0.2) is 0 Å². The summed E-state index contributed by atoms with van der Waals surface area (Å²) in [7, 11) is 0. The zero-order chi connectivity index (χ0) is 7.82. The van der Waals surface area contributed by atoms with Gasteiger partial charge in [0.25, 0.3) is 0 Å². The van der Waals surface area contributed by atoms with Crippen LogP contribution in [0.15, 0.2) is 11.8 Å². The van der Waals surface area contributed by atoms with Crippen LogP contribution in [0.5, 0.6) is 0 Å². The minimum atomic E-state index is 0.590. The van der Waals surface area contributed by atoms with Crippen LogP contribution in [0.25, 0.3) is 0 Å². The van der Waals surface area contributed by atoms with E-state index in [1.807, 2.05) is 6.08 Å². The molecule has 10 heavy (non-hydrogen) atoms. The molecule has 0 fully saturated rings. The van der Waals surface area contributed by atoms with E-state index in [1.54, 1.807) is 0 Å². The molecule has 0 rings (SSSR count). The SMILES string of the molecule is CCC/C=C(\CCN)ON. The molecule has 0 saturated carbocycles. The van der Waals surface area contributed by atoms with Crippen molar-refractivity contribution in [1.29, 1.82) is 0 Å². The average Bonchev–Trinajstić information content (AvgIpc) is 1.98. The molecule has 0 atom stereocenters. The monoisotopic (exact) mass is 144 g/mol. The molecule has 0 heterocycles. The summed E-state index contributed by atoms with van der Waals surface area (Å²) < 4.78 is 0. The largest absolute Gasteiger partial charge is 0.416 e. The first-order valence-corrected chi connectivity index (χ1v) is 3.61. The predicted molar refractivity (Wildman–Crippen MR) is 41.9 cm³/mol. The van der Waals surface area contributed by atoms with Crippen molar-refractivity contribution in [1.82, 2.24) is 0 Å². The molecule has 0 unspecified atom stereocenters. The summed E-state index contributed by atoms with van der Waals surface area (Å²) in [6.07, 6.45) is 4.83. The lowest BCUT2D eigenvalue weighted by Gasteiger charge is -2.01. The van der Waals surface area contributed by atoms with Crippen molar-refractivity contribution in [2.45, 2.75) is 26.2 Å². The van der Waals surface area contributed by atoms with Crippen molar-refractivity contribution in [2.75, 3.05) is 6.54 Å². The standard InChI is InChI=1S/C7H16N2O/c1-2-3-4-7(10-9)5-6-8/h4H,2-3,5-6,8-9H2,1H3/b7-4+. The first-order valence-electron chi connectivity index (χ1n) is 3.61. The Morgan fingerprint density at radius 2 is 2.30 bits per heavy atom. The summed E-state index contributed by atoms with van der Waals surface area (Å²) in [6.45, 7) is 2.69. The van der Waals surface area contributed by atoms with Crippen LogP contribution in [-0.2, 0) is 4.84 Å². The van der Waals surface area contributed by atoms with Gasteiger partial charge in [-0.05, 0) is 19.0 Å². The second-order valence-electron chi connectivity index (χ2n) is 2.12. The van der Waals surface area contributed by atoms with E-state index in [9.17, 15) is 0 Å². The highest BCUT2D eigenvalue weighted by Gasteiger charge is 1.92. The first-order chi connectivity index (χ1) is 4.85. The normalized spacial score (nSPS) is 11.7. The number of hydrogen-bond donors (Lipinski definition) is 2. The lowest BCUT2D eigenvalue weighted by atomic mass is 10.2. The summed E-state index contributed by atoms with van der Waals surface area (Å²) in [6, 6.07) is 0. The van der Waals surface area contributed by atoms with Gasteiger partial charge in [0.05, 0.1) is 0 Å². The fourth-order valence-corrected chi connectivity index (χ4v) is 0.657. The highest BCUT2D eigenvalue weighted by Crippen LogP contribution is 2.01. The third-order valence-electron chi connectivity index (χ3n) is 1.20. The van der Waals surface area contributed by atoms with Crippen molar-refractivity contribution in [3.8, 4) is 0 Å². The quantitative estimate of drug-likeness (QED) is 0.445. The van der Waals surface area contributed by atoms with E-state index in [0.717, 1.165) is 25.0 Å². The Labute approximate surface area is 62.0 Å². The summed E-state index contributed by atoms with van der Waals surface area (Å²) >= 11 is 0. The molecule has 0 aliphatic heterocycles. The van der Waals surface area contributed by atoms with Crippen molar-refractivity contribution in [3.63, 3.8) is 0 Å². The van der Waals surface area contributed by atoms with Crippen molar-refractivity contribution >= 4 is 0 Å². The molecule has 60 valence electrons. The molecule has 0 aromatic rings. The molecular formula is C7H16N2O. The molecule has 0 aromatic heterocycles. The van der Waals surface area contributed by atoms with Gasteiger partial charge in [-0.1, -0.05) is 13.3 Å². The van der Waals surface area contributed by atoms with E-state index in [-0.39, 0.29) is 0 Å². The molecule has 3 nitrogen and oxygen atoms in total. The van der Waals surface area contributed by atoms with E-state index < -0.39 is 0 Å². The molecule has 0 radical (unpaired) electrons. The van der Waals surface area contributed by atoms with Gasteiger partial charge < -0.3 is 10.6 Å². The second kappa shape index (κ2) is 6.58. The molecule has 4 N–H and O–H groups in total. The summed E-state index contributed by atoms with van der Waals surface area (Å²) in [5.41, 5.74) is 5.30. The number of unbranched alkanes of at least 4 members (excludes halogenated alkanes) is 1. The third kappa shape index (κ3) is 4.35. The van der Waals surface area contributed by atoms with Crippen LogP contribution >= 0.6 is 0 Å². The number of allylic oxidation sites excluding steroid dienone is 1. The summed E-state index contributed by atoms with van der Waals surface area (Å²) in [5.74, 6) is 5.77. The number of nitrogens with two attached hydrogens (primary N) is 2. The molecule has 3 heteroatoms. The van der Waals surface area contributed by atoms with Crippen LogP contribution in [0.4, 0.5) is 0 Å². The fourth-order valence-electron chi connectivity index (χ4n) is 0.657. The van der Waals surface area contributed by atoms with E-state index in [2.05, 4.69) is 11.8 Å². The van der Waals surface area contributed by atoms with E-state index in [4.69, 9.17) is 11.6 Å². The Balaban J connectivity index is 3.55. The highest BCUT2D eigenvalue weighted by molar-refractivity contribution is 4.92. The molecular weight excluding hydrogens is 128 g/mol. The molecule has 0 aromatic carbocycles.